The van der Waals surface area contributed by atoms with Crippen LogP contribution >= 0.6 is 0 Å². The van der Waals surface area contributed by atoms with Gasteiger partial charge >= 0.3 is 0 Å². The van der Waals surface area contributed by atoms with Gasteiger partial charge in [-0.25, -0.2) is 0 Å². The predicted octanol–water partition coefficient (Wildman–Crippen LogP) is 3.89. The summed E-state index contributed by atoms with van der Waals surface area (Å²) in [6.07, 6.45) is 3.50. The molecule has 0 heterocycles. The fourth-order valence-electron chi connectivity index (χ4n) is 1.94. The zero-order chi connectivity index (χ0) is 10.7. The van der Waals surface area contributed by atoms with Crippen molar-refractivity contribution < 1.29 is 5.11 Å². The predicted molar refractivity (Wildman–Crippen MR) is 64.2 cm³/mol. The molecule has 1 N–H and O–H groups in total. The van der Waals surface area contributed by atoms with E-state index in [0.717, 1.165) is 11.8 Å². The van der Waals surface area contributed by atoms with E-state index in [9.17, 15) is 5.11 Å². The first-order valence-corrected chi connectivity index (χ1v) is 5.52. The van der Waals surface area contributed by atoms with Crippen molar-refractivity contribution >= 4 is 10.8 Å². The quantitative estimate of drug-likeness (QED) is 0.797. The first-order chi connectivity index (χ1) is 7.33. The second-order valence-electron chi connectivity index (χ2n) is 3.89. The maximum atomic E-state index is 9.72. The third kappa shape index (κ3) is 1.96. The molecule has 0 saturated heterocycles. The Labute approximate surface area is 90.4 Å². The molecule has 2 aromatic rings. The lowest BCUT2D eigenvalue weighted by Crippen LogP contribution is -1.86. The van der Waals surface area contributed by atoms with Gasteiger partial charge < -0.3 is 5.11 Å². The molecule has 2 rings (SSSR count). The van der Waals surface area contributed by atoms with Gasteiger partial charge in [-0.1, -0.05) is 43.7 Å². The van der Waals surface area contributed by atoms with E-state index in [1.807, 2.05) is 18.2 Å². The highest BCUT2D eigenvalue weighted by atomic mass is 16.3. The fraction of sp³-hybridized carbons (Fsp3) is 0.286. The summed E-state index contributed by atoms with van der Waals surface area (Å²) in [5.41, 5.74) is 1.34. The second kappa shape index (κ2) is 4.35. The Hall–Kier alpha value is -1.50. The summed E-state index contributed by atoms with van der Waals surface area (Å²) in [5.74, 6) is 0.380. The lowest BCUT2D eigenvalue weighted by molar-refractivity contribution is 0.481. The minimum absolute atomic E-state index is 0.380. The Bertz CT molecular complexity index is 460. The summed E-state index contributed by atoms with van der Waals surface area (Å²) >= 11 is 0. The number of fused-ring (bicyclic) bond motifs is 1. The van der Waals surface area contributed by atoms with Gasteiger partial charge in [0.2, 0.25) is 0 Å². The van der Waals surface area contributed by atoms with Gasteiger partial charge in [-0.3, -0.25) is 0 Å². The largest absolute Gasteiger partial charge is 0.507 e. The summed E-state index contributed by atoms with van der Waals surface area (Å²) in [6.45, 7) is 2.20. The van der Waals surface area contributed by atoms with Crippen LogP contribution in [0.15, 0.2) is 36.4 Å². The van der Waals surface area contributed by atoms with E-state index in [2.05, 4.69) is 19.1 Å². The molecule has 1 heteroatoms. The van der Waals surface area contributed by atoms with Gasteiger partial charge in [0, 0.05) is 5.39 Å². The van der Waals surface area contributed by atoms with Gasteiger partial charge in [-0.05, 0) is 29.9 Å². The second-order valence-corrected chi connectivity index (χ2v) is 3.89. The van der Waals surface area contributed by atoms with Crippen molar-refractivity contribution in [2.45, 2.75) is 26.2 Å². The van der Waals surface area contributed by atoms with E-state index in [1.54, 1.807) is 6.07 Å². The van der Waals surface area contributed by atoms with Gasteiger partial charge in [0.25, 0.3) is 0 Å². The molecule has 0 saturated carbocycles. The van der Waals surface area contributed by atoms with Crippen molar-refractivity contribution in [1.29, 1.82) is 0 Å². The zero-order valence-electron chi connectivity index (χ0n) is 9.03. The van der Waals surface area contributed by atoms with Crippen LogP contribution in [0.5, 0.6) is 5.75 Å². The number of phenols is 1. The summed E-state index contributed by atoms with van der Waals surface area (Å²) in [7, 11) is 0. The van der Waals surface area contributed by atoms with E-state index >= 15 is 0 Å². The number of benzene rings is 2. The molecule has 0 aliphatic carbocycles. The maximum absolute atomic E-state index is 9.72. The van der Waals surface area contributed by atoms with Gasteiger partial charge in [0.15, 0.2) is 0 Å². The van der Waals surface area contributed by atoms with Crippen molar-refractivity contribution in [3.05, 3.63) is 42.0 Å². The first kappa shape index (κ1) is 10.0. The molecule has 0 aliphatic rings. The Morgan fingerprint density at radius 2 is 1.73 bits per heavy atom. The first-order valence-electron chi connectivity index (χ1n) is 5.52. The summed E-state index contributed by atoms with van der Waals surface area (Å²) in [6, 6.07) is 11.9. The van der Waals surface area contributed by atoms with Crippen LogP contribution in [-0.2, 0) is 6.42 Å². The Kier molecular flexibility index (Phi) is 2.91. The number of unbranched alkanes of at least 4 members (excludes halogenated alkanes) is 1. The minimum Gasteiger partial charge on any atom is -0.507 e. The smallest absolute Gasteiger partial charge is 0.123 e. The average Bonchev–Trinajstić information content (AvgIpc) is 2.27. The molecule has 2 aromatic carbocycles. The lowest BCUT2D eigenvalue weighted by atomic mass is 10.00. The van der Waals surface area contributed by atoms with E-state index in [4.69, 9.17) is 0 Å². The normalized spacial score (nSPS) is 10.7. The van der Waals surface area contributed by atoms with Crippen LogP contribution in [0.25, 0.3) is 10.8 Å². The van der Waals surface area contributed by atoms with Gasteiger partial charge in [-0.2, -0.15) is 0 Å². The molecule has 0 bridgehead atoms. The SMILES string of the molecule is CCCCc1cccc2c(O)cccc12. The number of phenolic OH excluding ortho intramolecular Hbond substituents is 1. The van der Waals surface area contributed by atoms with Crippen molar-refractivity contribution in [3.8, 4) is 5.75 Å². The van der Waals surface area contributed by atoms with Crippen LogP contribution < -0.4 is 0 Å². The molecule has 0 aliphatic heterocycles. The summed E-state index contributed by atoms with van der Waals surface area (Å²) in [4.78, 5) is 0. The number of rotatable bonds is 3. The van der Waals surface area contributed by atoms with Gasteiger partial charge in [0.05, 0.1) is 0 Å². The number of hydrogen-bond acceptors (Lipinski definition) is 1. The molecule has 0 aromatic heterocycles. The Balaban J connectivity index is 2.51. The van der Waals surface area contributed by atoms with E-state index in [0.29, 0.717) is 5.75 Å². The molecule has 15 heavy (non-hydrogen) atoms. The molecule has 1 nitrogen and oxygen atoms in total. The molecule has 0 atom stereocenters. The number of aromatic hydroxyl groups is 1. The van der Waals surface area contributed by atoms with E-state index < -0.39 is 0 Å². The number of hydrogen-bond donors (Lipinski definition) is 1. The molecular weight excluding hydrogens is 184 g/mol. The number of aryl methyl sites for hydroxylation is 1. The summed E-state index contributed by atoms with van der Waals surface area (Å²) in [5, 5.41) is 11.9. The highest BCUT2D eigenvalue weighted by Crippen LogP contribution is 2.27. The lowest BCUT2D eigenvalue weighted by Gasteiger charge is -2.06. The molecule has 0 spiro atoms. The van der Waals surface area contributed by atoms with E-state index in [-0.39, 0.29) is 0 Å². The Morgan fingerprint density at radius 3 is 2.53 bits per heavy atom. The summed E-state index contributed by atoms with van der Waals surface area (Å²) < 4.78 is 0. The third-order valence-corrected chi connectivity index (χ3v) is 2.79. The van der Waals surface area contributed by atoms with Crippen molar-refractivity contribution in [3.63, 3.8) is 0 Å². The van der Waals surface area contributed by atoms with E-state index in [1.165, 1.54) is 23.8 Å². The molecule has 0 unspecified atom stereocenters. The molecule has 0 amide bonds. The van der Waals surface area contributed by atoms with Crippen molar-refractivity contribution in [2.24, 2.45) is 0 Å². The van der Waals surface area contributed by atoms with Gasteiger partial charge in [0.1, 0.15) is 5.75 Å². The van der Waals surface area contributed by atoms with Gasteiger partial charge in [-0.15, -0.1) is 0 Å². The van der Waals surface area contributed by atoms with Crippen LogP contribution in [-0.4, -0.2) is 5.11 Å². The highest BCUT2D eigenvalue weighted by molar-refractivity contribution is 5.90. The average molecular weight is 200 g/mol. The standard InChI is InChI=1S/C14H16O/c1-2-3-6-11-7-4-9-13-12(11)8-5-10-14(13)15/h4-5,7-10,15H,2-3,6H2,1H3. The van der Waals surface area contributed by atoms with Crippen LogP contribution in [0.4, 0.5) is 0 Å². The van der Waals surface area contributed by atoms with Crippen molar-refractivity contribution in [2.75, 3.05) is 0 Å². The maximum Gasteiger partial charge on any atom is 0.123 e. The Morgan fingerprint density at radius 1 is 1.00 bits per heavy atom. The topological polar surface area (TPSA) is 20.2 Å². The zero-order valence-corrected chi connectivity index (χ0v) is 9.03. The van der Waals surface area contributed by atoms with Crippen LogP contribution in [0.2, 0.25) is 0 Å². The minimum atomic E-state index is 0.380. The highest BCUT2D eigenvalue weighted by Gasteiger charge is 2.02. The van der Waals surface area contributed by atoms with Crippen molar-refractivity contribution in [1.82, 2.24) is 0 Å². The fourth-order valence-corrected chi connectivity index (χ4v) is 1.94. The third-order valence-electron chi connectivity index (χ3n) is 2.79. The van der Waals surface area contributed by atoms with Crippen LogP contribution in [0.3, 0.4) is 0 Å². The van der Waals surface area contributed by atoms with Crippen LogP contribution in [0.1, 0.15) is 25.3 Å². The molecule has 0 radical (unpaired) electrons. The molecule has 0 fully saturated rings. The molecular formula is C14H16O. The monoisotopic (exact) mass is 200 g/mol. The molecule has 78 valence electrons. The van der Waals surface area contributed by atoms with Crippen LogP contribution in [0, 0.1) is 0 Å².